The summed E-state index contributed by atoms with van der Waals surface area (Å²) in [6.45, 7) is 5.83. The number of unbranched alkanes of at least 4 members (excludes halogenated alkanes) is 14. The summed E-state index contributed by atoms with van der Waals surface area (Å²) in [6.07, 6.45) is 21.7. The van der Waals surface area contributed by atoms with Gasteiger partial charge in [-0.15, -0.1) is 0 Å². The fourth-order valence-corrected chi connectivity index (χ4v) is 5.17. The molecule has 0 amide bonds. The number of hydrogen-bond acceptors (Lipinski definition) is 6. The minimum absolute atomic E-state index is 0.113. The lowest BCUT2D eigenvalue weighted by molar-refractivity contribution is 0.0734. The van der Waals surface area contributed by atoms with Gasteiger partial charge in [-0.1, -0.05) is 104 Å². The number of carbonyl (C=O) groups is 1. The smallest absolute Gasteiger partial charge is 0.343 e. The maximum absolute atomic E-state index is 12.7. The van der Waals surface area contributed by atoms with Gasteiger partial charge in [0.2, 0.25) is 0 Å². The number of benzene rings is 3. The highest BCUT2D eigenvalue weighted by Crippen LogP contribution is 2.24. The molecule has 6 nitrogen and oxygen atoms in total. The minimum Gasteiger partial charge on any atom is -0.507 e. The fourth-order valence-electron chi connectivity index (χ4n) is 5.17. The zero-order valence-electron chi connectivity index (χ0n) is 28.2. The molecule has 250 valence electrons. The van der Waals surface area contributed by atoms with E-state index < -0.39 is 5.97 Å². The van der Waals surface area contributed by atoms with Crippen molar-refractivity contribution >= 4 is 17.9 Å². The standard InChI is InChI=1S/C40H55NO5/c1-3-5-7-9-11-13-15-17-29-44-36-25-27-37(28-26-36)46-40(43)33-19-22-35(23-20-33)41-32-34-21-24-38(31-39(34)42)45-30-18-16-14-12-10-8-6-4-2/h19-28,31-32,42H,3-18,29-30H2,1-2H3. The molecule has 46 heavy (non-hydrogen) atoms. The predicted molar refractivity (Wildman–Crippen MR) is 189 cm³/mol. The summed E-state index contributed by atoms with van der Waals surface area (Å²) in [6, 6.07) is 19.3. The van der Waals surface area contributed by atoms with Crippen LogP contribution in [0.25, 0.3) is 0 Å². The van der Waals surface area contributed by atoms with Gasteiger partial charge < -0.3 is 19.3 Å². The lowest BCUT2D eigenvalue weighted by Crippen LogP contribution is -2.08. The van der Waals surface area contributed by atoms with Gasteiger partial charge in [-0.25, -0.2) is 4.79 Å². The Morgan fingerprint density at radius 3 is 1.63 bits per heavy atom. The number of aliphatic imine (C=N–C) groups is 1. The van der Waals surface area contributed by atoms with Gasteiger partial charge in [-0.05, 0) is 73.5 Å². The SMILES string of the molecule is CCCCCCCCCCOc1ccc(OC(=O)c2ccc(N=Cc3ccc(OCCCCCCCCCC)cc3O)cc2)cc1. The van der Waals surface area contributed by atoms with Crippen molar-refractivity contribution in [2.75, 3.05) is 13.2 Å². The molecular formula is C40H55NO5. The maximum Gasteiger partial charge on any atom is 0.343 e. The summed E-state index contributed by atoms with van der Waals surface area (Å²) in [5, 5.41) is 10.5. The van der Waals surface area contributed by atoms with E-state index in [1.165, 1.54) is 89.9 Å². The molecule has 1 N–H and O–H groups in total. The number of nitrogens with zero attached hydrogens (tertiary/aromatic N) is 1. The van der Waals surface area contributed by atoms with Crippen LogP contribution in [0.1, 0.15) is 133 Å². The van der Waals surface area contributed by atoms with E-state index in [2.05, 4.69) is 18.8 Å². The van der Waals surface area contributed by atoms with Crippen LogP contribution in [-0.4, -0.2) is 30.5 Å². The fraction of sp³-hybridized carbons (Fsp3) is 0.500. The van der Waals surface area contributed by atoms with Crippen molar-refractivity contribution in [1.82, 2.24) is 0 Å². The molecule has 0 aliphatic rings. The van der Waals surface area contributed by atoms with E-state index in [-0.39, 0.29) is 5.75 Å². The highest BCUT2D eigenvalue weighted by atomic mass is 16.5. The van der Waals surface area contributed by atoms with E-state index in [4.69, 9.17) is 14.2 Å². The third-order valence-electron chi connectivity index (χ3n) is 8.03. The van der Waals surface area contributed by atoms with Gasteiger partial charge in [0.05, 0.1) is 24.5 Å². The van der Waals surface area contributed by atoms with E-state index >= 15 is 0 Å². The van der Waals surface area contributed by atoms with Gasteiger partial charge >= 0.3 is 5.97 Å². The van der Waals surface area contributed by atoms with E-state index in [1.807, 2.05) is 18.2 Å². The highest BCUT2D eigenvalue weighted by molar-refractivity contribution is 5.91. The molecule has 3 aromatic carbocycles. The van der Waals surface area contributed by atoms with Gasteiger partial charge in [-0.2, -0.15) is 0 Å². The molecule has 0 fully saturated rings. The number of phenols is 1. The number of phenolic OH excluding ortho intramolecular Hbond substituents is 1. The van der Waals surface area contributed by atoms with Crippen LogP contribution < -0.4 is 14.2 Å². The van der Waals surface area contributed by atoms with Crippen LogP contribution in [-0.2, 0) is 0 Å². The normalized spacial score (nSPS) is 11.2. The van der Waals surface area contributed by atoms with Crippen LogP contribution in [0.4, 0.5) is 5.69 Å². The molecule has 0 aromatic heterocycles. The van der Waals surface area contributed by atoms with Crippen LogP contribution >= 0.6 is 0 Å². The molecule has 3 aromatic rings. The molecule has 0 atom stereocenters. The number of carbonyl (C=O) groups excluding carboxylic acids is 1. The first-order chi connectivity index (χ1) is 22.6. The van der Waals surface area contributed by atoms with Crippen LogP contribution in [0, 0.1) is 0 Å². The van der Waals surface area contributed by atoms with Crippen LogP contribution in [0.15, 0.2) is 71.7 Å². The summed E-state index contributed by atoms with van der Waals surface area (Å²) in [4.78, 5) is 17.1. The summed E-state index contributed by atoms with van der Waals surface area (Å²) >= 11 is 0. The second kappa shape index (κ2) is 22.7. The van der Waals surface area contributed by atoms with Gasteiger partial charge in [0.25, 0.3) is 0 Å². The molecule has 0 aliphatic carbocycles. The first-order valence-electron chi connectivity index (χ1n) is 17.6. The molecule has 0 saturated carbocycles. The van der Waals surface area contributed by atoms with Crippen LogP contribution in [0.3, 0.4) is 0 Å². The van der Waals surface area contributed by atoms with Gasteiger partial charge in [-0.3, -0.25) is 4.99 Å². The predicted octanol–water partition coefficient (Wildman–Crippen LogP) is 11.4. The Morgan fingerprint density at radius 1 is 0.609 bits per heavy atom. The Bertz CT molecular complexity index is 1270. The highest BCUT2D eigenvalue weighted by Gasteiger charge is 2.09. The van der Waals surface area contributed by atoms with Crippen LogP contribution in [0.5, 0.6) is 23.0 Å². The minimum atomic E-state index is -0.441. The number of aromatic hydroxyl groups is 1. The van der Waals surface area contributed by atoms with E-state index in [1.54, 1.807) is 54.7 Å². The molecule has 6 heteroatoms. The molecule has 0 saturated heterocycles. The van der Waals surface area contributed by atoms with Crippen molar-refractivity contribution in [1.29, 1.82) is 0 Å². The summed E-state index contributed by atoms with van der Waals surface area (Å²) < 4.78 is 17.2. The number of ether oxygens (including phenoxy) is 3. The number of esters is 1. The molecular weight excluding hydrogens is 574 g/mol. The van der Waals surface area contributed by atoms with Crippen molar-refractivity contribution in [3.05, 3.63) is 77.9 Å². The molecule has 0 aliphatic heterocycles. The number of rotatable bonds is 24. The van der Waals surface area contributed by atoms with Gasteiger partial charge in [0.15, 0.2) is 0 Å². The Balaban J connectivity index is 1.35. The van der Waals surface area contributed by atoms with Crippen LogP contribution in [0.2, 0.25) is 0 Å². The lowest BCUT2D eigenvalue weighted by atomic mass is 10.1. The van der Waals surface area contributed by atoms with Gasteiger partial charge in [0.1, 0.15) is 23.0 Å². The van der Waals surface area contributed by atoms with Crippen molar-refractivity contribution in [2.24, 2.45) is 4.99 Å². The topological polar surface area (TPSA) is 77.4 Å². The van der Waals surface area contributed by atoms with E-state index in [9.17, 15) is 9.90 Å². The Hall–Kier alpha value is -3.80. The average molecular weight is 630 g/mol. The van der Waals surface area contributed by atoms with Crippen molar-refractivity contribution in [2.45, 2.75) is 117 Å². The molecule has 0 spiro atoms. The molecule has 3 rings (SSSR count). The monoisotopic (exact) mass is 629 g/mol. The third-order valence-corrected chi connectivity index (χ3v) is 8.03. The van der Waals surface area contributed by atoms with E-state index in [0.29, 0.717) is 41.5 Å². The Labute approximate surface area is 277 Å². The van der Waals surface area contributed by atoms with E-state index in [0.717, 1.165) is 18.6 Å². The second-order valence-electron chi connectivity index (χ2n) is 12.0. The summed E-state index contributed by atoms with van der Waals surface area (Å²) in [5.41, 5.74) is 1.67. The molecule has 0 unspecified atom stereocenters. The third kappa shape index (κ3) is 15.0. The van der Waals surface area contributed by atoms with Crippen molar-refractivity contribution in [3.63, 3.8) is 0 Å². The van der Waals surface area contributed by atoms with Crippen molar-refractivity contribution in [3.8, 4) is 23.0 Å². The quantitative estimate of drug-likeness (QED) is 0.0462. The summed E-state index contributed by atoms with van der Waals surface area (Å²) in [5.74, 6) is 1.57. The Kier molecular flexibility index (Phi) is 18.1. The van der Waals surface area contributed by atoms with Crippen molar-refractivity contribution < 1.29 is 24.1 Å². The molecule has 0 bridgehead atoms. The average Bonchev–Trinajstić information content (AvgIpc) is 3.07. The lowest BCUT2D eigenvalue weighted by Gasteiger charge is -2.08. The zero-order chi connectivity index (χ0) is 32.7. The summed E-state index contributed by atoms with van der Waals surface area (Å²) in [7, 11) is 0. The van der Waals surface area contributed by atoms with Gasteiger partial charge in [0, 0.05) is 17.8 Å². The molecule has 0 radical (unpaired) electrons. The molecule has 0 heterocycles. The number of hydrogen-bond donors (Lipinski definition) is 1. The zero-order valence-corrected chi connectivity index (χ0v) is 28.2. The first-order valence-corrected chi connectivity index (χ1v) is 17.6. The Morgan fingerprint density at radius 2 is 1.09 bits per heavy atom. The maximum atomic E-state index is 12.7. The first kappa shape index (κ1) is 36.7. The second-order valence-corrected chi connectivity index (χ2v) is 12.0. The largest absolute Gasteiger partial charge is 0.507 e.